The van der Waals surface area contributed by atoms with Crippen LogP contribution in [0.3, 0.4) is 0 Å². The third-order valence-corrected chi connectivity index (χ3v) is 4.98. The van der Waals surface area contributed by atoms with Crippen LogP contribution < -0.4 is 10.1 Å². The van der Waals surface area contributed by atoms with Gasteiger partial charge in [-0.1, -0.05) is 12.1 Å². The summed E-state index contributed by atoms with van der Waals surface area (Å²) in [5.41, 5.74) is 1.83. The molecule has 2 aromatic heterocycles. The van der Waals surface area contributed by atoms with Crippen molar-refractivity contribution in [3.8, 4) is 17.2 Å². The Morgan fingerprint density at radius 2 is 2.13 bits per heavy atom. The zero-order chi connectivity index (χ0) is 21.1. The maximum atomic E-state index is 12.2. The molecular formula is C21H15N3O5S. The summed E-state index contributed by atoms with van der Waals surface area (Å²) in [5.74, 6) is 0.926. The fourth-order valence-electron chi connectivity index (χ4n) is 2.78. The van der Waals surface area contributed by atoms with Crippen molar-refractivity contribution in [1.82, 2.24) is 4.98 Å². The molecule has 0 radical (unpaired) electrons. The molecule has 2 aromatic carbocycles. The number of methoxy groups -OCH3 is 1. The molecule has 0 aliphatic carbocycles. The predicted octanol–water partition coefficient (Wildman–Crippen LogP) is 5.13. The zero-order valence-corrected chi connectivity index (χ0v) is 16.5. The fraction of sp³-hybridized carbons (Fsp3) is 0.0476. The molecule has 9 heteroatoms. The Kier molecular flexibility index (Phi) is 5.27. The van der Waals surface area contributed by atoms with Crippen molar-refractivity contribution >= 4 is 45.1 Å². The van der Waals surface area contributed by atoms with Gasteiger partial charge in [0.2, 0.25) is 5.91 Å². The Morgan fingerprint density at radius 3 is 2.93 bits per heavy atom. The van der Waals surface area contributed by atoms with Crippen LogP contribution in [0.5, 0.6) is 5.75 Å². The van der Waals surface area contributed by atoms with Crippen LogP contribution in [0.4, 0.5) is 10.8 Å². The number of thiazole rings is 1. The minimum atomic E-state index is -0.483. The van der Waals surface area contributed by atoms with Gasteiger partial charge in [-0.15, -0.1) is 11.3 Å². The number of carbonyl (C=O) groups excluding carboxylic acids is 1. The van der Waals surface area contributed by atoms with Gasteiger partial charge in [0, 0.05) is 29.0 Å². The molecule has 4 aromatic rings. The van der Waals surface area contributed by atoms with Crippen molar-refractivity contribution in [1.29, 1.82) is 0 Å². The first-order valence-corrected chi connectivity index (χ1v) is 9.67. The van der Waals surface area contributed by atoms with Gasteiger partial charge in [0.25, 0.3) is 5.69 Å². The molecule has 8 nitrogen and oxygen atoms in total. The number of nitrogens with zero attached hydrogens (tertiary/aromatic N) is 2. The first-order valence-electron chi connectivity index (χ1n) is 8.79. The van der Waals surface area contributed by atoms with Crippen LogP contribution in [-0.4, -0.2) is 22.9 Å². The number of rotatable bonds is 6. The molecule has 30 heavy (non-hydrogen) atoms. The van der Waals surface area contributed by atoms with Crippen LogP contribution in [0.15, 0.2) is 64.4 Å². The molecule has 0 aliphatic rings. The molecule has 150 valence electrons. The van der Waals surface area contributed by atoms with E-state index in [1.807, 2.05) is 24.3 Å². The molecule has 0 fully saturated rings. The number of nitro benzene ring substituents is 1. The van der Waals surface area contributed by atoms with Gasteiger partial charge < -0.3 is 9.15 Å². The molecule has 1 N–H and O–H groups in total. The largest absolute Gasteiger partial charge is 0.497 e. The normalized spacial score (nSPS) is 11.1. The molecule has 0 unspecified atom stereocenters. The minimum Gasteiger partial charge on any atom is -0.497 e. The van der Waals surface area contributed by atoms with E-state index in [2.05, 4.69) is 10.3 Å². The van der Waals surface area contributed by atoms with Crippen LogP contribution in [0, 0.1) is 10.1 Å². The number of fused-ring (bicyclic) bond motifs is 1. The lowest BCUT2D eigenvalue weighted by atomic mass is 10.2. The summed E-state index contributed by atoms with van der Waals surface area (Å²) >= 11 is 1.27. The first-order chi connectivity index (χ1) is 14.5. The molecular weight excluding hydrogens is 406 g/mol. The number of amides is 1. The van der Waals surface area contributed by atoms with Crippen molar-refractivity contribution in [2.45, 2.75) is 0 Å². The SMILES string of the molecule is COc1ccc2oc(-c3csc(NC(=O)/C=C/c4cccc([N+](=O)[O-])c4)n3)cc2c1. The van der Waals surface area contributed by atoms with Gasteiger partial charge in [-0.3, -0.25) is 20.2 Å². The highest BCUT2D eigenvalue weighted by Gasteiger charge is 2.12. The summed E-state index contributed by atoms with van der Waals surface area (Å²) in [7, 11) is 1.60. The van der Waals surface area contributed by atoms with E-state index in [9.17, 15) is 14.9 Å². The molecule has 0 bridgehead atoms. The molecule has 4 rings (SSSR count). The third-order valence-electron chi connectivity index (χ3n) is 4.22. The van der Waals surface area contributed by atoms with Gasteiger partial charge in [0.05, 0.1) is 12.0 Å². The number of aromatic nitrogens is 1. The second kappa shape index (κ2) is 8.18. The summed E-state index contributed by atoms with van der Waals surface area (Å²) in [4.78, 5) is 26.9. The van der Waals surface area contributed by atoms with Gasteiger partial charge >= 0.3 is 0 Å². The van der Waals surface area contributed by atoms with E-state index < -0.39 is 10.8 Å². The van der Waals surface area contributed by atoms with Crippen LogP contribution >= 0.6 is 11.3 Å². The second-order valence-electron chi connectivity index (χ2n) is 6.23. The Hall–Kier alpha value is -3.98. The standard InChI is InChI=1S/C21H15N3O5S/c1-28-16-6-7-18-14(10-16)11-19(29-18)17-12-30-21(22-17)23-20(25)8-5-13-3-2-4-15(9-13)24(26)27/h2-12H,1H3,(H,22,23,25)/b8-5+. The quantitative estimate of drug-likeness (QED) is 0.263. The highest BCUT2D eigenvalue weighted by atomic mass is 32.1. The maximum Gasteiger partial charge on any atom is 0.270 e. The van der Waals surface area contributed by atoms with E-state index in [0.717, 1.165) is 11.1 Å². The van der Waals surface area contributed by atoms with Crippen molar-refractivity contribution in [2.24, 2.45) is 0 Å². The Balaban J connectivity index is 1.46. The molecule has 0 saturated carbocycles. The summed E-state index contributed by atoms with van der Waals surface area (Å²) in [6.45, 7) is 0. The highest BCUT2D eigenvalue weighted by molar-refractivity contribution is 7.14. The summed E-state index contributed by atoms with van der Waals surface area (Å²) in [5, 5.41) is 16.6. The van der Waals surface area contributed by atoms with Gasteiger partial charge in [-0.25, -0.2) is 4.98 Å². The summed E-state index contributed by atoms with van der Waals surface area (Å²) < 4.78 is 11.0. The summed E-state index contributed by atoms with van der Waals surface area (Å²) in [6, 6.07) is 13.4. The second-order valence-corrected chi connectivity index (χ2v) is 7.09. The zero-order valence-electron chi connectivity index (χ0n) is 15.7. The molecule has 0 spiro atoms. The number of ether oxygens (including phenoxy) is 1. The maximum absolute atomic E-state index is 12.2. The van der Waals surface area contributed by atoms with Gasteiger partial charge in [0.15, 0.2) is 10.9 Å². The lowest BCUT2D eigenvalue weighted by Gasteiger charge is -1.97. The van der Waals surface area contributed by atoms with E-state index in [4.69, 9.17) is 9.15 Å². The number of nitro groups is 1. The molecule has 0 saturated heterocycles. The average Bonchev–Trinajstić information content (AvgIpc) is 3.38. The van der Waals surface area contributed by atoms with Gasteiger partial charge in [-0.2, -0.15) is 0 Å². The fourth-order valence-corrected chi connectivity index (χ4v) is 3.48. The topological polar surface area (TPSA) is 108 Å². The number of benzene rings is 2. The lowest BCUT2D eigenvalue weighted by Crippen LogP contribution is -2.07. The van der Waals surface area contributed by atoms with Crippen LogP contribution in [0.1, 0.15) is 5.56 Å². The Bertz CT molecular complexity index is 1270. The highest BCUT2D eigenvalue weighted by Crippen LogP contribution is 2.32. The Labute approximate surface area is 174 Å². The number of carbonyl (C=O) groups is 1. The third kappa shape index (κ3) is 4.20. The van der Waals surface area contributed by atoms with Gasteiger partial charge in [-0.05, 0) is 35.9 Å². The molecule has 1 amide bonds. The molecule has 2 heterocycles. The van der Waals surface area contributed by atoms with Crippen molar-refractivity contribution in [3.05, 3.63) is 75.7 Å². The van der Waals surface area contributed by atoms with Gasteiger partial charge in [0.1, 0.15) is 17.0 Å². The number of furan rings is 1. The molecule has 0 aliphatic heterocycles. The first kappa shape index (κ1) is 19.3. The average molecular weight is 421 g/mol. The van der Waals surface area contributed by atoms with Crippen molar-refractivity contribution in [3.63, 3.8) is 0 Å². The van der Waals surface area contributed by atoms with E-state index >= 15 is 0 Å². The number of hydrogen-bond acceptors (Lipinski definition) is 7. The summed E-state index contributed by atoms with van der Waals surface area (Å²) in [6.07, 6.45) is 2.80. The smallest absolute Gasteiger partial charge is 0.270 e. The number of hydrogen-bond donors (Lipinski definition) is 1. The van der Waals surface area contributed by atoms with E-state index in [0.29, 0.717) is 27.7 Å². The monoisotopic (exact) mass is 421 g/mol. The van der Waals surface area contributed by atoms with E-state index in [-0.39, 0.29) is 5.69 Å². The lowest BCUT2D eigenvalue weighted by molar-refractivity contribution is -0.384. The minimum absolute atomic E-state index is 0.0365. The van der Waals surface area contributed by atoms with Crippen molar-refractivity contribution < 1.29 is 18.9 Å². The van der Waals surface area contributed by atoms with Crippen LogP contribution in [0.25, 0.3) is 28.5 Å². The number of nitrogens with one attached hydrogen (secondary N) is 1. The number of non-ortho nitro benzene ring substituents is 1. The van der Waals surface area contributed by atoms with Crippen LogP contribution in [-0.2, 0) is 4.79 Å². The van der Waals surface area contributed by atoms with Crippen molar-refractivity contribution in [2.75, 3.05) is 12.4 Å². The predicted molar refractivity (Wildman–Crippen MR) is 115 cm³/mol. The molecule has 0 atom stereocenters. The Morgan fingerprint density at radius 1 is 1.27 bits per heavy atom. The van der Waals surface area contributed by atoms with E-state index in [1.54, 1.807) is 24.6 Å². The number of anilines is 1. The van der Waals surface area contributed by atoms with E-state index in [1.165, 1.54) is 35.6 Å². The van der Waals surface area contributed by atoms with Crippen LogP contribution in [0.2, 0.25) is 0 Å².